The van der Waals surface area contributed by atoms with Crippen molar-refractivity contribution in [1.29, 1.82) is 0 Å². The van der Waals surface area contributed by atoms with E-state index < -0.39 is 0 Å². The first-order valence-electron chi connectivity index (χ1n) is 6.77. The van der Waals surface area contributed by atoms with E-state index in [9.17, 15) is 0 Å². The van der Waals surface area contributed by atoms with Gasteiger partial charge in [0.1, 0.15) is 5.52 Å². The fourth-order valence-electron chi connectivity index (χ4n) is 2.27. The summed E-state index contributed by atoms with van der Waals surface area (Å²) in [4.78, 5) is 10.9. The van der Waals surface area contributed by atoms with Crippen molar-refractivity contribution < 1.29 is 0 Å². The van der Waals surface area contributed by atoms with Gasteiger partial charge >= 0.3 is 0 Å². The molecule has 0 unspecified atom stereocenters. The fraction of sp³-hybridized carbons (Fsp3) is 0.333. The molecule has 0 aliphatic carbocycles. The van der Waals surface area contributed by atoms with E-state index >= 15 is 0 Å². The van der Waals surface area contributed by atoms with E-state index in [1.165, 1.54) is 0 Å². The van der Waals surface area contributed by atoms with Crippen LogP contribution < -0.4 is 5.73 Å². The van der Waals surface area contributed by atoms with Crippen LogP contribution in [0.3, 0.4) is 0 Å². The third kappa shape index (κ3) is 3.24. The Morgan fingerprint density at radius 3 is 2.75 bits per heavy atom. The first-order valence-corrected chi connectivity index (χ1v) is 6.77. The van der Waals surface area contributed by atoms with Gasteiger partial charge in [0.05, 0.1) is 0 Å². The molecule has 2 aromatic heterocycles. The van der Waals surface area contributed by atoms with Crippen LogP contribution in [0.2, 0.25) is 0 Å². The standard InChI is InChI=1S/C15H21N5/c1-3-9-19(10-4-2)11-6-12-20-14-13(18-15(20)16)7-5-8-17-14/h3-5,7-8H,1-2,6,9-12H2,(H2,16,18). The van der Waals surface area contributed by atoms with Crippen molar-refractivity contribution >= 4 is 17.1 Å². The van der Waals surface area contributed by atoms with Crippen molar-refractivity contribution in [3.05, 3.63) is 43.6 Å². The summed E-state index contributed by atoms with van der Waals surface area (Å²) in [5.74, 6) is 0.526. The topological polar surface area (TPSA) is 60.0 Å². The largest absolute Gasteiger partial charge is 0.369 e. The molecule has 20 heavy (non-hydrogen) atoms. The van der Waals surface area contributed by atoms with E-state index in [0.717, 1.165) is 43.8 Å². The molecule has 0 saturated heterocycles. The van der Waals surface area contributed by atoms with Crippen LogP contribution in [0.25, 0.3) is 11.2 Å². The van der Waals surface area contributed by atoms with E-state index in [4.69, 9.17) is 5.73 Å². The third-order valence-corrected chi connectivity index (χ3v) is 3.16. The number of nitrogens with zero attached hydrogens (tertiary/aromatic N) is 4. The van der Waals surface area contributed by atoms with Crippen molar-refractivity contribution in [3.8, 4) is 0 Å². The minimum absolute atomic E-state index is 0.526. The lowest BCUT2D eigenvalue weighted by Crippen LogP contribution is -2.26. The average Bonchev–Trinajstić information content (AvgIpc) is 2.76. The van der Waals surface area contributed by atoms with Gasteiger partial charge < -0.3 is 5.73 Å². The molecule has 0 aliphatic heterocycles. The summed E-state index contributed by atoms with van der Waals surface area (Å²) in [7, 11) is 0. The van der Waals surface area contributed by atoms with Gasteiger partial charge in [0, 0.05) is 32.4 Å². The Labute approximate surface area is 119 Å². The number of anilines is 1. The number of nitrogens with two attached hydrogens (primary N) is 1. The molecule has 5 heteroatoms. The molecule has 0 amide bonds. The van der Waals surface area contributed by atoms with Crippen LogP contribution >= 0.6 is 0 Å². The second-order valence-electron chi connectivity index (χ2n) is 4.66. The molecule has 106 valence electrons. The molecule has 2 aromatic rings. The number of rotatable bonds is 8. The van der Waals surface area contributed by atoms with Crippen molar-refractivity contribution in [3.63, 3.8) is 0 Å². The van der Waals surface area contributed by atoms with Crippen LogP contribution in [0, 0.1) is 0 Å². The number of imidazole rings is 1. The van der Waals surface area contributed by atoms with Gasteiger partial charge in [-0.25, -0.2) is 9.97 Å². The quantitative estimate of drug-likeness (QED) is 0.747. The van der Waals surface area contributed by atoms with Gasteiger partial charge in [-0.05, 0) is 18.6 Å². The Morgan fingerprint density at radius 1 is 1.30 bits per heavy atom. The van der Waals surface area contributed by atoms with Crippen LogP contribution in [0.15, 0.2) is 43.6 Å². The Bertz CT molecular complexity index is 577. The zero-order valence-corrected chi connectivity index (χ0v) is 11.7. The van der Waals surface area contributed by atoms with Crippen LogP contribution in [-0.2, 0) is 6.54 Å². The minimum Gasteiger partial charge on any atom is -0.369 e. The monoisotopic (exact) mass is 271 g/mol. The number of hydrogen-bond acceptors (Lipinski definition) is 4. The molecule has 0 aromatic carbocycles. The number of nitrogen functional groups attached to an aromatic ring is 1. The molecule has 0 atom stereocenters. The summed E-state index contributed by atoms with van der Waals surface area (Å²) >= 11 is 0. The van der Waals surface area contributed by atoms with Crippen molar-refractivity contribution in [2.45, 2.75) is 13.0 Å². The molecular weight excluding hydrogens is 250 g/mol. The molecule has 0 fully saturated rings. The molecule has 0 spiro atoms. The van der Waals surface area contributed by atoms with Crippen molar-refractivity contribution in [1.82, 2.24) is 19.4 Å². The van der Waals surface area contributed by atoms with Gasteiger partial charge in [0.15, 0.2) is 5.65 Å². The smallest absolute Gasteiger partial charge is 0.202 e. The normalized spacial score (nSPS) is 11.1. The summed E-state index contributed by atoms with van der Waals surface area (Å²) in [6, 6.07) is 3.80. The zero-order chi connectivity index (χ0) is 14.4. The Balaban J connectivity index is 2.00. The van der Waals surface area contributed by atoms with Crippen LogP contribution in [0.5, 0.6) is 0 Å². The van der Waals surface area contributed by atoms with E-state index in [1.807, 2.05) is 28.9 Å². The summed E-state index contributed by atoms with van der Waals surface area (Å²) in [6.45, 7) is 11.1. The zero-order valence-electron chi connectivity index (χ0n) is 11.7. The fourth-order valence-corrected chi connectivity index (χ4v) is 2.27. The lowest BCUT2D eigenvalue weighted by atomic mass is 10.3. The second-order valence-corrected chi connectivity index (χ2v) is 4.66. The Kier molecular flexibility index (Phi) is 4.90. The number of hydrogen-bond donors (Lipinski definition) is 1. The maximum absolute atomic E-state index is 5.95. The number of aromatic nitrogens is 3. The first-order chi connectivity index (χ1) is 9.76. The Morgan fingerprint density at radius 2 is 2.05 bits per heavy atom. The molecule has 0 bridgehead atoms. The maximum atomic E-state index is 5.95. The minimum atomic E-state index is 0.526. The molecule has 0 aliphatic rings. The number of pyridine rings is 1. The van der Waals surface area contributed by atoms with Gasteiger partial charge in [-0.3, -0.25) is 9.47 Å². The highest BCUT2D eigenvalue weighted by Crippen LogP contribution is 2.15. The summed E-state index contributed by atoms with van der Waals surface area (Å²) in [5.41, 5.74) is 7.65. The van der Waals surface area contributed by atoms with E-state index in [0.29, 0.717) is 5.95 Å². The summed E-state index contributed by atoms with van der Waals surface area (Å²) in [6.07, 6.45) is 6.56. The predicted octanol–water partition coefficient (Wildman–Crippen LogP) is 2.08. The van der Waals surface area contributed by atoms with Gasteiger partial charge in [-0.2, -0.15) is 0 Å². The van der Waals surface area contributed by atoms with Crippen LogP contribution in [-0.4, -0.2) is 39.1 Å². The van der Waals surface area contributed by atoms with Crippen molar-refractivity contribution in [2.75, 3.05) is 25.4 Å². The lowest BCUT2D eigenvalue weighted by Gasteiger charge is -2.18. The highest BCUT2D eigenvalue weighted by Gasteiger charge is 2.09. The Hall–Kier alpha value is -2.14. The van der Waals surface area contributed by atoms with Crippen molar-refractivity contribution in [2.24, 2.45) is 0 Å². The highest BCUT2D eigenvalue weighted by molar-refractivity contribution is 5.73. The average molecular weight is 271 g/mol. The number of fused-ring (bicyclic) bond motifs is 1. The molecule has 5 nitrogen and oxygen atoms in total. The molecule has 0 radical (unpaired) electrons. The van der Waals surface area contributed by atoms with Crippen LogP contribution in [0.4, 0.5) is 5.95 Å². The van der Waals surface area contributed by atoms with Gasteiger partial charge in [-0.1, -0.05) is 12.2 Å². The SMILES string of the molecule is C=CCN(CC=C)CCCn1c(N)nc2cccnc21. The lowest BCUT2D eigenvalue weighted by molar-refractivity contribution is 0.323. The predicted molar refractivity (Wildman–Crippen MR) is 83.4 cm³/mol. The second kappa shape index (κ2) is 6.86. The van der Waals surface area contributed by atoms with Gasteiger partial charge in [0.25, 0.3) is 0 Å². The molecular formula is C15H21N5. The highest BCUT2D eigenvalue weighted by atomic mass is 15.2. The third-order valence-electron chi connectivity index (χ3n) is 3.16. The maximum Gasteiger partial charge on any atom is 0.202 e. The molecule has 2 N–H and O–H groups in total. The van der Waals surface area contributed by atoms with E-state index in [1.54, 1.807) is 6.20 Å². The number of aryl methyl sites for hydroxylation is 1. The molecule has 0 saturated carbocycles. The molecule has 2 heterocycles. The summed E-state index contributed by atoms with van der Waals surface area (Å²) in [5, 5.41) is 0. The van der Waals surface area contributed by atoms with Crippen LogP contribution in [0.1, 0.15) is 6.42 Å². The van der Waals surface area contributed by atoms with E-state index in [-0.39, 0.29) is 0 Å². The van der Waals surface area contributed by atoms with Gasteiger partial charge in [0.2, 0.25) is 5.95 Å². The van der Waals surface area contributed by atoms with Gasteiger partial charge in [-0.15, -0.1) is 13.2 Å². The first kappa shape index (κ1) is 14.3. The van der Waals surface area contributed by atoms with E-state index in [2.05, 4.69) is 28.0 Å². The summed E-state index contributed by atoms with van der Waals surface area (Å²) < 4.78 is 1.97. The molecule has 2 rings (SSSR count).